The Morgan fingerprint density at radius 3 is 2.35 bits per heavy atom. The smallest absolute Gasteiger partial charge is 0.410 e. The van der Waals surface area contributed by atoms with Gasteiger partial charge in [0.25, 0.3) is 0 Å². The van der Waals surface area contributed by atoms with Crippen LogP contribution in [0.2, 0.25) is 5.02 Å². The third kappa shape index (κ3) is 5.12. The van der Waals surface area contributed by atoms with Gasteiger partial charge in [-0.15, -0.1) is 0 Å². The molecule has 1 aliphatic carbocycles. The monoisotopic (exact) mass is 531 g/mol. The van der Waals surface area contributed by atoms with E-state index in [1.807, 2.05) is 36.1 Å². The van der Waals surface area contributed by atoms with E-state index in [0.29, 0.717) is 70.1 Å². The van der Waals surface area contributed by atoms with Gasteiger partial charge in [-0.2, -0.15) is 0 Å². The molecule has 3 aliphatic heterocycles. The molecule has 0 bridgehead atoms. The molecule has 8 nitrogen and oxygen atoms in total. The molecule has 9 heteroatoms. The highest BCUT2D eigenvalue weighted by Gasteiger charge is 2.57. The number of Topliss-reactive ketones (excluding diaryl/α,β-unsaturated/α-hetero) is 1. The molecule has 2 amide bonds. The van der Waals surface area contributed by atoms with Crippen LogP contribution in [0, 0.1) is 11.3 Å². The fraction of sp³-hybridized carbons (Fsp3) is 0.679. The fourth-order valence-corrected chi connectivity index (χ4v) is 6.35. The SMILES string of the molecule is CN(C(=O)OC1CCOCC1)[C@]1(C(=O)C2CCN(C(=O)C3(C)CC3)CC2)CNC[C@H]1c1ccc(Cl)cc1. The topological polar surface area (TPSA) is 88.2 Å². The fourth-order valence-electron chi connectivity index (χ4n) is 6.22. The molecule has 0 unspecified atom stereocenters. The van der Waals surface area contributed by atoms with E-state index < -0.39 is 11.6 Å². The average molecular weight is 532 g/mol. The summed E-state index contributed by atoms with van der Waals surface area (Å²) in [4.78, 5) is 44.3. The number of hydrogen-bond donors (Lipinski definition) is 1. The van der Waals surface area contributed by atoms with Crippen molar-refractivity contribution in [2.45, 2.75) is 63.0 Å². The van der Waals surface area contributed by atoms with Crippen LogP contribution in [0.25, 0.3) is 0 Å². The number of ether oxygens (including phenoxy) is 2. The molecule has 0 radical (unpaired) electrons. The first-order valence-electron chi connectivity index (χ1n) is 13.6. The molecule has 37 heavy (non-hydrogen) atoms. The summed E-state index contributed by atoms with van der Waals surface area (Å²) in [6, 6.07) is 7.54. The average Bonchev–Trinajstić information content (AvgIpc) is 3.52. The summed E-state index contributed by atoms with van der Waals surface area (Å²) < 4.78 is 11.3. The zero-order chi connectivity index (χ0) is 26.2. The second kappa shape index (κ2) is 10.5. The van der Waals surface area contributed by atoms with E-state index in [4.69, 9.17) is 21.1 Å². The van der Waals surface area contributed by atoms with Crippen molar-refractivity contribution < 1.29 is 23.9 Å². The van der Waals surface area contributed by atoms with E-state index in [1.165, 1.54) is 0 Å². The number of likely N-dealkylation sites (N-methyl/N-ethyl adjacent to an activating group) is 1. The minimum absolute atomic E-state index is 0.0496. The lowest BCUT2D eigenvalue weighted by molar-refractivity contribution is -0.142. The number of hydrogen-bond acceptors (Lipinski definition) is 6. The second-order valence-electron chi connectivity index (χ2n) is 11.4. The van der Waals surface area contributed by atoms with Crippen LogP contribution < -0.4 is 5.32 Å². The summed E-state index contributed by atoms with van der Waals surface area (Å²) in [5.74, 6) is -0.209. The van der Waals surface area contributed by atoms with Gasteiger partial charge >= 0.3 is 6.09 Å². The molecule has 0 spiro atoms. The lowest BCUT2D eigenvalue weighted by atomic mass is 9.72. The Balaban J connectivity index is 1.39. The van der Waals surface area contributed by atoms with Gasteiger partial charge in [-0.05, 0) is 43.4 Å². The van der Waals surface area contributed by atoms with E-state index in [0.717, 1.165) is 18.4 Å². The predicted octanol–water partition coefficient (Wildman–Crippen LogP) is 3.62. The third-order valence-electron chi connectivity index (χ3n) is 9.00. The number of rotatable bonds is 6. The van der Waals surface area contributed by atoms with Gasteiger partial charge in [-0.25, -0.2) is 4.79 Å². The Bertz CT molecular complexity index is 1020. The summed E-state index contributed by atoms with van der Waals surface area (Å²) in [5, 5.41) is 4.03. The molecular formula is C28H38ClN3O5. The van der Waals surface area contributed by atoms with E-state index in [-0.39, 0.29) is 35.0 Å². The summed E-state index contributed by atoms with van der Waals surface area (Å²) in [5.41, 5.74) is -0.334. The van der Waals surface area contributed by atoms with Crippen molar-refractivity contribution in [1.82, 2.24) is 15.1 Å². The molecule has 4 fully saturated rings. The number of nitrogens with one attached hydrogen (secondary N) is 1. The third-order valence-corrected chi connectivity index (χ3v) is 9.25. The summed E-state index contributed by atoms with van der Waals surface area (Å²) in [6.45, 7) is 5.25. The van der Waals surface area contributed by atoms with Crippen molar-refractivity contribution in [1.29, 1.82) is 0 Å². The molecule has 1 aromatic carbocycles. The minimum atomic E-state index is -1.09. The molecule has 3 saturated heterocycles. The van der Waals surface area contributed by atoms with Gasteiger partial charge in [0, 0.05) is 68.3 Å². The minimum Gasteiger partial charge on any atom is -0.446 e. The van der Waals surface area contributed by atoms with E-state index in [1.54, 1.807) is 11.9 Å². The summed E-state index contributed by atoms with van der Waals surface area (Å²) >= 11 is 6.16. The Morgan fingerprint density at radius 2 is 1.73 bits per heavy atom. The predicted molar refractivity (Wildman–Crippen MR) is 140 cm³/mol. The zero-order valence-corrected chi connectivity index (χ0v) is 22.6. The molecule has 1 N–H and O–H groups in total. The Labute approximate surface area is 224 Å². The van der Waals surface area contributed by atoms with Crippen LogP contribution in [0.4, 0.5) is 4.79 Å². The Kier molecular flexibility index (Phi) is 7.53. The lowest BCUT2D eigenvalue weighted by Crippen LogP contribution is -2.62. The maximum absolute atomic E-state index is 14.5. The van der Waals surface area contributed by atoms with E-state index >= 15 is 0 Å². The standard InChI is InChI=1S/C28H38ClN3O5/c1-27(11-12-27)25(34)32-13-7-20(8-14-32)24(33)28(31(2)26(35)37-22-9-15-36-16-10-22)18-30-17-23(28)19-3-5-21(29)6-4-19/h3-6,20,22-23,30H,7-18H2,1-2H3/t23-,28+/m0/s1. The lowest BCUT2D eigenvalue weighted by Gasteiger charge is -2.44. The zero-order valence-electron chi connectivity index (χ0n) is 21.8. The van der Waals surface area contributed by atoms with Gasteiger partial charge in [-0.1, -0.05) is 30.7 Å². The Morgan fingerprint density at radius 1 is 1.08 bits per heavy atom. The van der Waals surface area contributed by atoms with Gasteiger partial charge < -0.3 is 19.7 Å². The van der Waals surface area contributed by atoms with Crippen LogP contribution in [0.5, 0.6) is 0 Å². The number of carbonyl (C=O) groups is 3. The number of benzene rings is 1. The molecular weight excluding hydrogens is 494 g/mol. The number of carbonyl (C=O) groups excluding carboxylic acids is 3. The maximum atomic E-state index is 14.5. The molecule has 4 aliphatic rings. The molecule has 1 aromatic rings. The number of amides is 2. The van der Waals surface area contributed by atoms with Crippen molar-refractivity contribution >= 4 is 29.4 Å². The van der Waals surface area contributed by atoms with Crippen molar-refractivity contribution in [2.24, 2.45) is 11.3 Å². The van der Waals surface area contributed by atoms with Gasteiger partial charge in [0.15, 0.2) is 5.78 Å². The first kappa shape index (κ1) is 26.4. The molecule has 3 heterocycles. The second-order valence-corrected chi connectivity index (χ2v) is 11.8. The quantitative estimate of drug-likeness (QED) is 0.603. The van der Waals surface area contributed by atoms with Gasteiger partial charge in [0.1, 0.15) is 11.6 Å². The largest absolute Gasteiger partial charge is 0.446 e. The van der Waals surface area contributed by atoms with Crippen LogP contribution in [-0.4, -0.2) is 85.7 Å². The van der Waals surface area contributed by atoms with Crippen molar-refractivity contribution in [3.63, 3.8) is 0 Å². The first-order chi connectivity index (χ1) is 17.7. The first-order valence-corrected chi connectivity index (χ1v) is 13.9. The molecule has 5 rings (SSSR count). The number of ketones is 1. The molecule has 1 saturated carbocycles. The Hall–Kier alpha value is -2.16. The van der Waals surface area contributed by atoms with Crippen LogP contribution in [-0.2, 0) is 19.1 Å². The molecule has 0 aromatic heterocycles. The highest BCUT2D eigenvalue weighted by Crippen LogP contribution is 2.47. The van der Waals surface area contributed by atoms with Gasteiger partial charge in [0.05, 0.1) is 13.2 Å². The van der Waals surface area contributed by atoms with Crippen LogP contribution in [0.3, 0.4) is 0 Å². The maximum Gasteiger partial charge on any atom is 0.410 e. The molecule has 2 atom stereocenters. The van der Waals surface area contributed by atoms with Crippen LogP contribution in [0.15, 0.2) is 24.3 Å². The number of piperidine rings is 1. The van der Waals surface area contributed by atoms with Crippen molar-refractivity contribution in [2.75, 3.05) is 46.4 Å². The van der Waals surface area contributed by atoms with Gasteiger partial charge in [-0.3, -0.25) is 14.5 Å². The number of halogens is 1. The van der Waals surface area contributed by atoms with Gasteiger partial charge in [0.2, 0.25) is 5.91 Å². The van der Waals surface area contributed by atoms with E-state index in [2.05, 4.69) is 5.32 Å². The molecule has 202 valence electrons. The number of likely N-dealkylation sites (tertiary alicyclic amines) is 1. The highest BCUT2D eigenvalue weighted by atomic mass is 35.5. The normalized spacial score (nSPS) is 28.1. The highest BCUT2D eigenvalue weighted by molar-refractivity contribution is 6.30. The summed E-state index contributed by atoms with van der Waals surface area (Å²) in [7, 11) is 1.70. The van der Waals surface area contributed by atoms with Crippen molar-refractivity contribution in [3.8, 4) is 0 Å². The number of nitrogens with zero attached hydrogens (tertiary/aromatic N) is 2. The van der Waals surface area contributed by atoms with E-state index in [9.17, 15) is 14.4 Å². The van der Waals surface area contributed by atoms with Crippen molar-refractivity contribution in [3.05, 3.63) is 34.9 Å². The summed E-state index contributed by atoms with van der Waals surface area (Å²) in [6.07, 6.45) is 3.74. The van der Waals surface area contributed by atoms with Crippen LogP contribution in [0.1, 0.15) is 56.9 Å². The van der Waals surface area contributed by atoms with Crippen LogP contribution >= 0.6 is 11.6 Å².